The minimum absolute atomic E-state index is 0.157. The van der Waals surface area contributed by atoms with Crippen molar-refractivity contribution in [1.82, 2.24) is 65.5 Å². The summed E-state index contributed by atoms with van der Waals surface area (Å²) in [6, 6.07) is 12.6. The van der Waals surface area contributed by atoms with E-state index in [0.717, 1.165) is 16.2 Å². The molecule has 352 valence electrons. The second kappa shape index (κ2) is 20.9. The van der Waals surface area contributed by atoms with Crippen LogP contribution in [0.15, 0.2) is 94.8 Å². The number of aromatic carboxylic acids is 1. The minimum Gasteiger partial charge on any atom is -0.476 e. The molecule has 1 N–H and O–H groups in total. The molecule has 9 rings (SSSR count). The van der Waals surface area contributed by atoms with Gasteiger partial charge in [0.25, 0.3) is 5.91 Å². The Morgan fingerprint density at radius 2 is 1.13 bits per heavy atom. The van der Waals surface area contributed by atoms with Crippen LogP contribution in [0.2, 0.25) is 0 Å². The lowest BCUT2D eigenvalue weighted by atomic mass is 10.3. The highest BCUT2D eigenvalue weighted by molar-refractivity contribution is 7.59. The lowest BCUT2D eigenvalue weighted by Crippen LogP contribution is -2.41. The van der Waals surface area contributed by atoms with E-state index >= 15 is 0 Å². The van der Waals surface area contributed by atoms with Gasteiger partial charge in [-0.1, -0.05) is 10.3 Å². The molecule has 0 unspecified atom stereocenters. The largest absolute Gasteiger partial charge is 0.476 e. The quantitative estimate of drug-likeness (QED) is 0.124. The van der Waals surface area contributed by atoms with E-state index in [1.807, 2.05) is 0 Å². The van der Waals surface area contributed by atoms with Gasteiger partial charge >= 0.3 is 30.1 Å². The van der Waals surface area contributed by atoms with Gasteiger partial charge in [0.1, 0.15) is 0 Å². The maximum absolute atomic E-state index is 12.8. The van der Waals surface area contributed by atoms with E-state index in [4.69, 9.17) is 11.0 Å². The van der Waals surface area contributed by atoms with Gasteiger partial charge in [-0.05, 0) is 48.5 Å². The number of rotatable bonds is 12. The fraction of sp³-hybridized carbons (Fsp3) is 0.211. The van der Waals surface area contributed by atoms with E-state index in [-0.39, 0.29) is 42.0 Å². The van der Waals surface area contributed by atoms with Crippen LogP contribution >= 0.6 is 36.1 Å². The Balaban J connectivity index is 0.000000199. The number of carbonyl (C=O) groups excluding carboxylic acids is 1. The van der Waals surface area contributed by atoms with Crippen molar-refractivity contribution in [2.24, 2.45) is 0 Å². The summed E-state index contributed by atoms with van der Waals surface area (Å²) < 4.78 is 95.8. The zero-order chi connectivity index (χ0) is 49.1. The third-order valence-electron chi connectivity index (χ3n) is 8.97. The van der Waals surface area contributed by atoms with E-state index in [9.17, 15) is 35.9 Å². The molecule has 68 heavy (non-hydrogen) atoms. The van der Waals surface area contributed by atoms with Crippen molar-refractivity contribution >= 4 is 71.2 Å². The summed E-state index contributed by atoms with van der Waals surface area (Å²) in [7, 11) is 0. The molecule has 1 aliphatic rings. The van der Waals surface area contributed by atoms with Crippen molar-refractivity contribution in [1.29, 1.82) is 1.12 Å². The van der Waals surface area contributed by atoms with Crippen LogP contribution in [0.25, 0.3) is 21.4 Å². The number of anilines is 4. The van der Waals surface area contributed by atoms with Crippen molar-refractivity contribution in [3.8, 4) is 21.4 Å². The average Bonchev–Trinajstić information content (AvgIpc) is 4.22. The van der Waals surface area contributed by atoms with Crippen molar-refractivity contribution in [3.05, 3.63) is 119 Å². The standard InChI is InChI=1S/C21H17F3N8O3S.C17H10F3N7O3S.H2S/c22-21(23,24)20-27-18(30-35-20)15-3-1-13(36-15)12-32(17-11-25-5-6-26-17)16-4-2-14(28-29-16)19(33)31-7-9-34-10-8-31;18-17(19,20)16-23-14(26-30-16)11-3-1-9(31-11)8-27(13-7-21-5-6-22-13)12-4-2-10(15(28)29)24-25-12;/h1-6,11H,7-10,12H2;1-7H,8H2,(H,28,29);1H2/i/hD. The second-order valence-electron chi connectivity index (χ2n) is 13.4. The number of alkyl halides is 6. The van der Waals surface area contributed by atoms with E-state index in [2.05, 4.69) is 83.1 Å². The number of carboxylic acid groups (broad SMARTS) is 1. The highest BCUT2D eigenvalue weighted by Gasteiger charge is 2.39. The Bertz CT molecular complexity index is 2930. The number of aromatic nitrogens is 12. The molecule has 0 bridgehead atoms. The molecule has 0 saturated carbocycles. The maximum Gasteiger partial charge on any atom is 0.471 e. The zero-order valence-corrected chi connectivity index (χ0v) is 36.6. The Morgan fingerprint density at radius 1 is 0.662 bits per heavy atom. The fourth-order valence-electron chi connectivity index (χ4n) is 5.87. The SMILES string of the molecule is O=C(O)c1ccc(N(Cc2ccc(-c3noc(C(F)(F)F)n3)s2)c2cnccn2)nn1.O=C(c1ccc(N(Cc2ccc(-c3noc(C(F)(F)F)n3)s2)c2cnccn2)nn1)N1CCOCC1.[2H]S. The van der Waals surface area contributed by atoms with Crippen molar-refractivity contribution in [2.75, 3.05) is 36.1 Å². The highest BCUT2D eigenvalue weighted by Crippen LogP contribution is 2.35. The Kier molecular flexibility index (Phi) is 14.5. The second-order valence-corrected chi connectivity index (χ2v) is 15.8. The number of ether oxygens (including phenoxy) is 1. The number of hydrogen-bond acceptors (Lipinski definition) is 21. The minimum atomic E-state index is -4.73. The average molecular weight is 1000 g/mol. The van der Waals surface area contributed by atoms with E-state index in [1.54, 1.807) is 51.1 Å². The third kappa shape index (κ3) is 11.7. The van der Waals surface area contributed by atoms with Crippen LogP contribution in [0.5, 0.6) is 0 Å². The van der Waals surface area contributed by atoms with Gasteiger partial charge < -0.3 is 33.6 Å². The van der Waals surface area contributed by atoms with Crippen molar-refractivity contribution in [2.45, 2.75) is 25.4 Å². The van der Waals surface area contributed by atoms with Gasteiger partial charge in [0.05, 0.1) is 49.6 Å². The number of amides is 1. The molecule has 8 aromatic rings. The Hall–Kier alpha value is -7.57. The van der Waals surface area contributed by atoms with Gasteiger partial charge in [0.15, 0.2) is 34.7 Å². The van der Waals surface area contributed by atoms with Crippen molar-refractivity contribution in [3.63, 3.8) is 0 Å². The molecule has 1 amide bonds. The molecule has 0 aliphatic carbocycles. The van der Waals surface area contributed by atoms with Crippen LogP contribution in [-0.2, 0) is 30.2 Å². The normalized spacial score (nSPS) is 12.8. The number of hydrogen-bond donors (Lipinski definition) is 1. The van der Waals surface area contributed by atoms with Crippen molar-refractivity contribution < 1.29 is 54.8 Å². The molecule has 0 radical (unpaired) electrons. The molecule has 9 heterocycles. The summed E-state index contributed by atoms with van der Waals surface area (Å²) in [6.07, 6.45) is -0.429. The monoisotopic (exact) mass is 1000 g/mol. The predicted molar refractivity (Wildman–Crippen MR) is 229 cm³/mol. The first-order valence-electron chi connectivity index (χ1n) is 19.5. The van der Waals surface area contributed by atoms with Gasteiger partial charge in [0, 0.05) is 47.6 Å². The van der Waals surface area contributed by atoms with Crippen LogP contribution < -0.4 is 9.80 Å². The lowest BCUT2D eigenvalue weighted by Gasteiger charge is -2.26. The molecule has 30 heteroatoms. The zero-order valence-electron chi connectivity index (χ0n) is 35.1. The number of carboxylic acids is 1. The predicted octanol–water partition coefficient (Wildman–Crippen LogP) is 6.75. The molecule has 0 atom stereocenters. The molecule has 0 aromatic carbocycles. The summed E-state index contributed by atoms with van der Waals surface area (Å²) in [4.78, 5) is 54.4. The molecular formula is C38H29F6N15O6S3. The van der Waals surface area contributed by atoms with Crippen LogP contribution in [-0.4, -0.2) is 110 Å². The van der Waals surface area contributed by atoms with Gasteiger partial charge in [-0.2, -0.15) is 49.7 Å². The van der Waals surface area contributed by atoms with Crippen LogP contribution in [0.1, 0.15) is 42.5 Å². The molecule has 21 nitrogen and oxygen atoms in total. The summed E-state index contributed by atoms with van der Waals surface area (Å²) in [5, 5.41) is 31.8. The first-order chi connectivity index (χ1) is 33.2. The first-order valence-corrected chi connectivity index (χ1v) is 20.7. The number of thiophene rings is 2. The maximum atomic E-state index is 12.8. The van der Waals surface area contributed by atoms with Crippen LogP contribution in [0.4, 0.5) is 49.6 Å². The summed E-state index contributed by atoms with van der Waals surface area (Å²) >= 11 is 5.12. The summed E-state index contributed by atoms with van der Waals surface area (Å²) in [5.74, 6) is -3.03. The number of nitrogens with zero attached hydrogens (tertiary/aromatic N) is 15. The van der Waals surface area contributed by atoms with Gasteiger partial charge in [0.2, 0.25) is 11.6 Å². The molecular weight excluding hydrogens is 973 g/mol. The van der Waals surface area contributed by atoms with E-state index < -0.39 is 30.1 Å². The van der Waals surface area contributed by atoms with Gasteiger partial charge in [-0.25, -0.2) is 14.8 Å². The van der Waals surface area contributed by atoms with E-state index in [0.29, 0.717) is 64.2 Å². The number of carbonyl (C=O) groups is 2. The molecule has 0 spiro atoms. The Labute approximate surface area is 393 Å². The first kappa shape index (κ1) is 46.9. The Morgan fingerprint density at radius 3 is 1.51 bits per heavy atom. The molecule has 8 aromatic heterocycles. The van der Waals surface area contributed by atoms with Crippen LogP contribution in [0.3, 0.4) is 0 Å². The number of halogens is 6. The molecule has 1 saturated heterocycles. The van der Waals surface area contributed by atoms with Gasteiger partial charge in [-0.3, -0.25) is 14.8 Å². The molecule has 1 fully saturated rings. The lowest BCUT2D eigenvalue weighted by molar-refractivity contribution is -0.160. The third-order valence-corrected chi connectivity index (χ3v) is 11.1. The summed E-state index contributed by atoms with van der Waals surface area (Å²) in [5.41, 5.74) is -0.0189. The topological polar surface area (TPSA) is 254 Å². The molecule has 1 aliphatic heterocycles. The van der Waals surface area contributed by atoms with Crippen LogP contribution in [0, 0.1) is 0 Å². The highest BCUT2D eigenvalue weighted by atomic mass is 32.1. The fourth-order valence-corrected chi connectivity index (χ4v) is 7.72. The smallest absolute Gasteiger partial charge is 0.471 e. The number of morpholine rings is 1. The van der Waals surface area contributed by atoms with E-state index in [1.165, 1.54) is 60.7 Å². The van der Waals surface area contributed by atoms with Gasteiger partial charge in [-0.15, -0.1) is 43.1 Å². The summed E-state index contributed by atoms with van der Waals surface area (Å²) in [6.45, 7) is 2.37.